The van der Waals surface area contributed by atoms with E-state index in [4.69, 9.17) is 10.5 Å². The van der Waals surface area contributed by atoms with Crippen molar-refractivity contribution in [2.24, 2.45) is 5.73 Å². The average Bonchev–Trinajstić information content (AvgIpc) is 2.37. The summed E-state index contributed by atoms with van der Waals surface area (Å²) in [5, 5.41) is 2.60. The van der Waals surface area contributed by atoms with Crippen LogP contribution in [0.25, 0.3) is 0 Å². The third kappa shape index (κ3) is 2.76. The van der Waals surface area contributed by atoms with Gasteiger partial charge in [-0.3, -0.25) is 0 Å². The van der Waals surface area contributed by atoms with Crippen LogP contribution in [-0.2, 0) is 4.74 Å². The van der Waals surface area contributed by atoms with Crippen molar-refractivity contribution in [1.29, 1.82) is 0 Å². The van der Waals surface area contributed by atoms with Gasteiger partial charge in [-0.2, -0.15) is 0 Å². The summed E-state index contributed by atoms with van der Waals surface area (Å²) in [5.41, 5.74) is 5.32. The Labute approximate surface area is 66.1 Å². The van der Waals surface area contributed by atoms with Crippen LogP contribution in [0, 0.1) is 0 Å². The van der Waals surface area contributed by atoms with Crippen molar-refractivity contribution in [3.8, 4) is 0 Å². The highest BCUT2D eigenvalue weighted by atomic mass is 16.6. The first-order valence-electron chi connectivity index (χ1n) is 3.97. The predicted molar refractivity (Wildman–Crippen MR) is 41.2 cm³/mol. The molecule has 1 heterocycles. The van der Waals surface area contributed by atoms with E-state index in [2.05, 4.69) is 5.32 Å². The number of hydrogen-bond acceptors (Lipinski definition) is 3. The Hall–Kier alpha value is -0.770. The minimum atomic E-state index is -0.289. The van der Waals surface area contributed by atoms with Gasteiger partial charge in [0.15, 0.2) is 0 Å². The normalized spacial score (nSPS) is 23.0. The Kier molecular flexibility index (Phi) is 3.16. The number of rotatable bonds is 4. The van der Waals surface area contributed by atoms with Gasteiger partial charge in [-0.05, 0) is 25.8 Å². The number of carbonyl (C=O) groups excluding carboxylic acids is 1. The van der Waals surface area contributed by atoms with E-state index in [0.717, 1.165) is 19.3 Å². The van der Waals surface area contributed by atoms with E-state index in [1.807, 2.05) is 0 Å². The molecule has 1 saturated heterocycles. The number of nitrogens with one attached hydrogen (secondary N) is 1. The number of hydrogen-bond donors (Lipinski definition) is 2. The van der Waals surface area contributed by atoms with E-state index >= 15 is 0 Å². The minimum Gasteiger partial charge on any atom is -0.444 e. The smallest absolute Gasteiger partial charge is 0.407 e. The Morgan fingerprint density at radius 2 is 2.45 bits per heavy atom. The number of cyclic esters (lactones) is 1. The molecule has 11 heavy (non-hydrogen) atoms. The molecule has 0 saturated carbocycles. The van der Waals surface area contributed by atoms with E-state index in [0.29, 0.717) is 13.1 Å². The van der Waals surface area contributed by atoms with E-state index in [1.165, 1.54) is 0 Å². The molecule has 1 aliphatic rings. The average molecular weight is 158 g/mol. The summed E-state index contributed by atoms with van der Waals surface area (Å²) >= 11 is 0. The lowest BCUT2D eigenvalue weighted by Crippen LogP contribution is -2.15. The van der Waals surface area contributed by atoms with Crippen molar-refractivity contribution in [3.05, 3.63) is 0 Å². The van der Waals surface area contributed by atoms with E-state index in [9.17, 15) is 4.79 Å². The third-order valence-electron chi connectivity index (χ3n) is 1.73. The first kappa shape index (κ1) is 8.33. The molecule has 3 N–H and O–H groups in total. The molecule has 0 aliphatic carbocycles. The summed E-state index contributed by atoms with van der Waals surface area (Å²) < 4.78 is 4.92. The number of amides is 1. The van der Waals surface area contributed by atoms with Gasteiger partial charge in [-0.1, -0.05) is 0 Å². The van der Waals surface area contributed by atoms with Crippen molar-refractivity contribution in [3.63, 3.8) is 0 Å². The maximum atomic E-state index is 10.5. The summed E-state index contributed by atoms with van der Waals surface area (Å²) in [6, 6.07) is 0. The number of carbonyl (C=O) groups is 1. The number of unbranched alkanes of at least 4 members (excludes halogenated alkanes) is 1. The molecule has 1 fully saturated rings. The lowest BCUT2D eigenvalue weighted by atomic mass is 10.1. The summed E-state index contributed by atoms with van der Waals surface area (Å²) in [5.74, 6) is 0. The quantitative estimate of drug-likeness (QED) is 0.575. The summed E-state index contributed by atoms with van der Waals surface area (Å²) in [6.07, 6.45) is 2.76. The van der Waals surface area contributed by atoms with Crippen LogP contribution >= 0.6 is 0 Å². The van der Waals surface area contributed by atoms with Gasteiger partial charge in [-0.15, -0.1) is 0 Å². The molecule has 0 bridgehead atoms. The minimum absolute atomic E-state index is 0.0778. The topological polar surface area (TPSA) is 64.3 Å². The van der Waals surface area contributed by atoms with E-state index < -0.39 is 0 Å². The highest BCUT2D eigenvalue weighted by molar-refractivity contribution is 5.69. The van der Waals surface area contributed by atoms with Crippen LogP contribution in [0.2, 0.25) is 0 Å². The van der Waals surface area contributed by atoms with Crippen LogP contribution in [0.5, 0.6) is 0 Å². The zero-order valence-electron chi connectivity index (χ0n) is 6.51. The summed E-state index contributed by atoms with van der Waals surface area (Å²) in [6.45, 7) is 1.37. The van der Waals surface area contributed by atoms with Gasteiger partial charge in [-0.25, -0.2) is 4.79 Å². The van der Waals surface area contributed by atoms with Crippen LogP contribution < -0.4 is 11.1 Å². The maximum Gasteiger partial charge on any atom is 0.407 e. The molecule has 0 aromatic rings. The van der Waals surface area contributed by atoms with Crippen molar-refractivity contribution >= 4 is 6.09 Å². The lowest BCUT2D eigenvalue weighted by Gasteiger charge is -2.05. The van der Waals surface area contributed by atoms with Gasteiger partial charge in [0.05, 0.1) is 6.54 Å². The molecule has 4 nitrogen and oxygen atoms in total. The van der Waals surface area contributed by atoms with Gasteiger partial charge in [0.25, 0.3) is 0 Å². The van der Waals surface area contributed by atoms with Gasteiger partial charge in [0.1, 0.15) is 6.10 Å². The Morgan fingerprint density at radius 3 is 3.00 bits per heavy atom. The molecule has 4 heteroatoms. The molecule has 0 radical (unpaired) electrons. The highest BCUT2D eigenvalue weighted by Crippen LogP contribution is 2.08. The zero-order chi connectivity index (χ0) is 8.10. The standard InChI is InChI=1S/C7H14N2O2/c8-4-2-1-3-6-5-9-7(10)11-6/h6H,1-5,8H2,(H,9,10). The molecular formula is C7H14N2O2. The van der Waals surface area contributed by atoms with Crippen molar-refractivity contribution in [1.82, 2.24) is 5.32 Å². The molecule has 0 aromatic heterocycles. The van der Waals surface area contributed by atoms with Crippen LogP contribution in [0.4, 0.5) is 4.79 Å². The zero-order valence-corrected chi connectivity index (χ0v) is 6.51. The van der Waals surface area contributed by atoms with Gasteiger partial charge in [0, 0.05) is 0 Å². The molecular weight excluding hydrogens is 144 g/mol. The number of alkyl carbamates (subject to hydrolysis) is 1. The lowest BCUT2D eigenvalue weighted by molar-refractivity contribution is 0.134. The molecule has 0 spiro atoms. The Balaban J connectivity index is 2.04. The van der Waals surface area contributed by atoms with Crippen molar-refractivity contribution in [2.75, 3.05) is 13.1 Å². The molecule has 64 valence electrons. The fourth-order valence-electron chi connectivity index (χ4n) is 1.11. The fourth-order valence-corrected chi connectivity index (χ4v) is 1.11. The monoisotopic (exact) mass is 158 g/mol. The number of ether oxygens (including phenoxy) is 1. The van der Waals surface area contributed by atoms with Crippen LogP contribution in [-0.4, -0.2) is 25.3 Å². The highest BCUT2D eigenvalue weighted by Gasteiger charge is 2.21. The van der Waals surface area contributed by atoms with Crippen LogP contribution in [0.1, 0.15) is 19.3 Å². The molecule has 0 aromatic carbocycles. The van der Waals surface area contributed by atoms with Crippen molar-refractivity contribution in [2.45, 2.75) is 25.4 Å². The second kappa shape index (κ2) is 4.18. The first-order chi connectivity index (χ1) is 5.33. The Morgan fingerprint density at radius 1 is 1.64 bits per heavy atom. The molecule has 1 aliphatic heterocycles. The molecule has 1 rings (SSSR count). The largest absolute Gasteiger partial charge is 0.444 e. The first-order valence-corrected chi connectivity index (χ1v) is 3.97. The number of nitrogens with two attached hydrogens (primary N) is 1. The van der Waals surface area contributed by atoms with E-state index in [-0.39, 0.29) is 12.2 Å². The second-order valence-corrected chi connectivity index (χ2v) is 2.69. The maximum absolute atomic E-state index is 10.5. The van der Waals surface area contributed by atoms with Crippen molar-refractivity contribution < 1.29 is 9.53 Å². The fraction of sp³-hybridized carbons (Fsp3) is 0.857. The van der Waals surface area contributed by atoms with Gasteiger partial charge in [0.2, 0.25) is 0 Å². The predicted octanol–water partition coefficient (Wildman–Crippen LogP) is 0.224. The van der Waals surface area contributed by atoms with Crippen LogP contribution in [0.3, 0.4) is 0 Å². The third-order valence-corrected chi connectivity index (χ3v) is 1.73. The van der Waals surface area contributed by atoms with Gasteiger partial charge < -0.3 is 15.8 Å². The molecule has 1 unspecified atom stereocenters. The van der Waals surface area contributed by atoms with Crippen LogP contribution in [0.15, 0.2) is 0 Å². The molecule has 1 atom stereocenters. The summed E-state index contributed by atoms with van der Waals surface area (Å²) in [4.78, 5) is 10.5. The Bertz CT molecular complexity index is 138. The second-order valence-electron chi connectivity index (χ2n) is 2.69. The summed E-state index contributed by atoms with van der Waals surface area (Å²) in [7, 11) is 0. The molecule has 1 amide bonds. The van der Waals surface area contributed by atoms with E-state index in [1.54, 1.807) is 0 Å². The SMILES string of the molecule is NCCCCC1CNC(=O)O1. The van der Waals surface area contributed by atoms with Gasteiger partial charge >= 0.3 is 6.09 Å².